The molecule has 0 spiro atoms. The molecular weight excluding hydrogens is 224 g/mol. The Balaban J connectivity index is 1.86. The number of nitrogens with one attached hydrogen (secondary N) is 1. The van der Waals surface area contributed by atoms with Crippen molar-refractivity contribution in [1.82, 2.24) is 10.2 Å². The maximum Gasteiger partial charge on any atom is 0.151 e. The first-order valence-corrected chi connectivity index (χ1v) is 7.91. The Hall–Kier alpha value is -0.130. The summed E-state index contributed by atoms with van der Waals surface area (Å²) in [6, 6.07) is 0.248. The van der Waals surface area contributed by atoms with Gasteiger partial charge in [0.2, 0.25) is 0 Å². The van der Waals surface area contributed by atoms with E-state index in [0.717, 1.165) is 26.1 Å². The lowest BCUT2D eigenvalue weighted by Gasteiger charge is -2.27. The van der Waals surface area contributed by atoms with Gasteiger partial charge in [-0.1, -0.05) is 6.92 Å². The SMILES string of the molecule is CC1CNCC1CN(C)C1CCS(=O)(=O)C1. The van der Waals surface area contributed by atoms with Gasteiger partial charge in [-0.3, -0.25) is 0 Å². The van der Waals surface area contributed by atoms with Crippen molar-refractivity contribution < 1.29 is 8.42 Å². The van der Waals surface area contributed by atoms with Crippen LogP contribution >= 0.6 is 0 Å². The second-order valence-corrected chi connectivity index (χ2v) is 7.62. The minimum atomic E-state index is -2.74. The summed E-state index contributed by atoms with van der Waals surface area (Å²) in [4.78, 5) is 2.25. The third-order valence-electron chi connectivity index (χ3n) is 4.03. The van der Waals surface area contributed by atoms with Gasteiger partial charge in [-0.25, -0.2) is 8.42 Å². The summed E-state index contributed by atoms with van der Waals surface area (Å²) in [6.07, 6.45) is 0.813. The molecule has 3 atom stereocenters. The van der Waals surface area contributed by atoms with Crippen LogP contribution in [0, 0.1) is 11.8 Å². The molecule has 1 N–H and O–H groups in total. The number of hydrogen-bond donors (Lipinski definition) is 1. The summed E-state index contributed by atoms with van der Waals surface area (Å²) in [5.41, 5.74) is 0. The van der Waals surface area contributed by atoms with Crippen LogP contribution < -0.4 is 5.32 Å². The zero-order chi connectivity index (χ0) is 11.8. The van der Waals surface area contributed by atoms with Gasteiger partial charge in [0.05, 0.1) is 11.5 Å². The molecule has 2 heterocycles. The predicted molar refractivity (Wildman–Crippen MR) is 65.2 cm³/mol. The Morgan fingerprint density at radius 2 is 2.12 bits per heavy atom. The highest BCUT2D eigenvalue weighted by atomic mass is 32.2. The van der Waals surface area contributed by atoms with Crippen molar-refractivity contribution in [3.05, 3.63) is 0 Å². The van der Waals surface area contributed by atoms with Crippen molar-refractivity contribution >= 4 is 9.84 Å². The highest BCUT2D eigenvalue weighted by Gasteiger charge is 2.33. The molecule has 0 bridgehead atoms. The number of nitrogens with zero attached hydrogens (tertiary/aromatic N) is 1. The molecule has 2 aliphatic rings. The summed E-state index contributed by atoms with van der Waals surface area (Å²) in [6.45, 7) is 5.46. The van der Waals surface area contributed by atoms with Gasteiger partial charge in [0.15, 0.2) is 9.84 Å². The summed E-state index contributed by atoms with van der Waals surface area (Å²) in [5, 5.41) is 3.39. The van der Waals surface area contributed by atoms with Gasteiger partial charge < -0.3 is 10.2 Å². The van der Waals surface area contributed by atoms with Crippen LogP contribution in [0.15, 0.2) is 0 Å². The minimum absolute atomic E-state index is 0.248. The molecule has 2 saturated heterocycles. The van der Waals surface area contributed by atoms with Gasteiger partial charge >= 0.3 is 0 Å². The van der Waals surface area contributed by atoms with E-state index >= 15 is 0 Å². The lowest BCUT2D eigenvalue weighted by atomic mass is 9.97. The van der Waals surface area contributed by atoms with Gasteiger partial charge in [-0.05, 0) is 38.4 Å². The monoisotopic (exact) mass is 246 g/mol. The number of hydrogen-bond acceptors (Lipinski definition) is 4. The molecule has 0 aromatic heterocycles. The molecule has 0 aliphatic carbocycles. The first kappa shape index (κ1) is 12.3. The molecule has 0 amide bonds. The first-order valence-electron chi connectivity index (χ1n) is 6.09. The molecule has 2 fully saturated rings. The van der Waals surface area contributed by atoms with Crippen molar-refractivity contribution in [2.45, 2.75) is 19.4 Å². The smallest absolute Gasteiger partial charge is 0.151 e. The van der Waals surface area contributed by atoms with E-state index in [1.807, 2.05) is 0 Å². The fourth-order valence-electron chi connectivity index (χ4n) is 2.75. The van der Waals surface area contributed by atoms with Gasteiger partial charge in [-0.15, -0.1) is 0 Å². The van der Waals surface area contributed by atoms with E-state index in [-0.39, 0.29) is 6.04 Å². The number of sulfone groups is 1. The maximum absolute atomic E-state index is 11.4. The van der Waals surface area contributed by atoms with Crippen LogP contribution in [0.5, 0.6) is 0 Å². The summed E-state index contributed by atoms with van der Waals surface area (Å²) in [7, 11) is -0.679. The van der Waals surface area contributed by atoms with Crippen LogP contribution in [0.1, 0.15) is 13.3 Å². The molecule has 0 aromatic rings. The second kappa shape index (κ2) is 4.63. The predicted octanol–water partition coefficient (Wildman–Crippen LogP) is -0.0392. The quantitative estimate of drug-likeness (QED) is 0.759. The fraction of sp³-hybridized carbons (Fsp3) is 1.00. The van der Waals surface area contributed by atoms with Crippen LogP contribution in [-0.2, 0) is 9.84 Å². The molecule has 16 heavy (non-hydrogen) atoms. The molecule has 0 radical (unpaired) electrons. The molecule has 2 rings (SSSR count). The molecule has 2 aliphatic heterocycles. The second-order valence-electron chi connectivity index (χ2n) is 5.39. The Labute approximate surface area is 98.3 Å². The maximum atomic E-state index is 11.4. The normalized spacial score (nSPS) is 38.3. The average molecular weight is 246 g/mol. The van der Waals surface area contributed by atoms with E-state index in [4.69, 9.17) is 0 Å². The third kappa shape index (κ3) is 2.76. The van der Waals surface area contributed by atoms with Crippen molar-refractivity contribution in [3.8, 4) is 0 Å². The highest BCUT2D eigenvalue weighted by Crippen LogP contribution is 2.21. The fourth-order valence-corrected chi connectivity index (χ4v) is 4.56. The molecule has 94 valence electrons. The van der Waals surface area contributed by atoms with E-state index in [9.17, 15) is 8.42 Å². The van der Waals surface area contributed by atoms with Crippen LogP contribution in [0.4, 0.5) is 0 Å². The van der Waals surface area contributed by atoms with Crippen molar-refractivity contribution in [1.29, 1.82) is 0 Å². The first-order chi connectivity index (χ1) is 7.48. The molecule has 4 nitrogen and oxygen atoms in total. The van der Waals surface area contributed by atoms with E-state index in [1.54, 1.807) is 0 Å². The van der Waals surface area contributed by atoms with E-state index in [2.05, 4.69) is 24.2 Å². The summed E-state index contributed by atoms with van der Waals surface area (Å²) < 4.78 is 22.8. The zero-order valence-corrected chi connectivity index (χ0v) is 11.0. The van der Waals surface area contributed by atoms with E-state index in [1.165, 1.54) is 0 Å². The van der Waals surface area contributed by atoms with E-state index in [0.29, 0.717) is 23.3 Å². The van der Waals surface area contributed by atoms with Crippen LogP contribution in [0.25, 0.3) is 0 Å². The number of rotatable bonds is 3. The standard InChI is InChI=1S/C11H22N2O2S/c1-9-5-12-6-10(9)7-13(2)11-3-4-16(14,15)8-11/h9-12H,3-8H2,1-2H3. The Bertz CT molecular complexity index is 342. The Kier molecular flexibility index (Phi) is 3.56. The van der Waals surface area contributed by atoms with Crippen LogP contribution in [-0.4, -0.2) is 57.5 Å². The van der Waals surface area contributed by atoms with Crippen LogP contribution in [0.3, 0.4) is 0 Å². The van der Waals surface area contributed by atoms with Crippen LogP contribution in [0.2, 0.25) is 0 Å². The molecule has 5 heteroatoms. The lowest BCUT2D eigenvalue weighted by molar-refractivity contribution is 0.210. The topological polar surface area (TPSA) is 49.4 Å². The largest absolute Gasteiger partial charge is 0.316 e. The van der Waals surface area contributed by atoms with E-state index < -0.39 is 9.84 Å². The van der Waals surface area contributed by atoms with Crippen molar-refractivity contribution in [3.63, 3.8) is 0 Å². The molecule has 0 aromatic carbocycles. The average Bonchev–Trinajstić information content (AvgIpc) is 2.74. The highest BCUT2D eigenvalue weighted by molar-refractivity contribution is 7.91. The molecular formula is C11H22N2O2S. The van der Waals surface area contributed by atoms with Gasteiger partial charge in [0, 0.05) is 12.6 Å². The molecule has 0 saturated carbocycles. The van der Waals surface area contributed by atoms with Crippen molar-refractivity contribution in [2.24, 2.45) is 11.8 Å². The lowest BCUT2D eigenvalue weighted by Crippen LogP contribution is -2.38. The Morgan fingerprint density at radius 1 is 1.38 bits per heavy atom. The van der Waals surface area contributed by atoms with Crippen molar-refractivity contribution in [2.75, 3.05) is 38.2 Å². The molecule has 3 unspecified atom stereocenters. The van der Waals surface area contributed by atoms with Gasteiger partial charge in [0.25, 0.3) is 0 Å². The summed E-state index contributed by atoms with van der Waals surface area (Å²) in [5.74, 6) is 2.12. The third-order valence-corrected chi connectivity index (χ3v) is 5.78. The van der Waals surface area contributed by atoms with Gasteiger partial charge in [0.1, 0.15) is 0 Å². The summed E-state index contributed by atoms with van der Waals surface area (Å²) >= 11 is 0. The minimum Gasteiger partial charge on any atom is -0.316 e. The Morgan fingerprint density at radius 3 is 2.62 bits per heavy atom. The zero-order valence-electron chi connectivity index (χ0n) is 10.1. The van der Waals surface area contributed by atoms with Gasteiger partial charge in [-0.2, -0.15) is 0 Å².